The van der Waals surface area contributed by atoms with Gasteiger partial charge in [0.15, 0.2) is 0 Å². The molecule has 2 unspecified atom stereocenters. The first-order valence-corrected chi connectivity index (χ1v) is 14.6. The summed E-state index contributed by atoms with van der Waals surface area (Å²) in [5.41, 5.74) is -0.254. The van der Waals surface area contributed by atoms with Crippen molar-refractivity contribution in [2.75, 3.05) is 11.9 Å². The first-order valence-electron chi connectivity index (χ1n) is 14.6. The number of rotatable bonds is 6. The highest BCUT2D eigenvalue weighted by Gasteiger charge is 2.43. The van der Waals surface area contributed by atoms with Crippen LogP contribution in [0.3, 0.4) is 0 Å². The lowest BCUT2D eigenvalue weighted by Crippen LogP contribution is -2.55. The first kappa shape index (κ1) is 29.9. The number of hydrogen-bond donors (Lipinski definition) is 1. The van der Waals surface area contributed by atoms with Crippen molar-refractivity contribution in [3.8, 4) is 0 Å². The van der Waals surface area contributed by atoms with E-state index in [0.29, 0.717) is 31.4 Å². The van der Waals surface area contributed by atoms with Gasteiger partial charge in [-0.3, -0.25) is 9.59 Å². The number of carbonyl (C=O) groups excluding carboxylic acids is 2. The Balaban J connectivity index is 1.43. The molecule has 2 aliphatic carbocycles. The molecule has 0 spiro atoms. The van der Waals surface area contributed by atoms with E-state index in [9.17, 15) is 27.2 Å². The summed E-state index contributed by atoms with van der Waals surface area (Å²) in [4.78, 5) is 29.2. The predicted octanol–water partition coefficient (Wildman–Crippen LogP) is 7.74. The van der Waals surface area contributed by atoms with Gasteiger partial charge in [-0.1, -0.05) is 24.3 Å². The lowest BCUT2D eigenvalue weighted by molar-refractivity contribution is -0.138. The molecule has 5 rings (SSSR count). The van der Waals surface area contributed by atoms with Crippen LogP contribution in [-0.4, -0.2) is 35.4 Å². The third-order valence-electron chi connectivity index (χ3n) is 8.67. The van der Waals surface area contributed by atoms with E-state index in [-0.39, 0.29) is 28.8 Å². The van der Waals surface area contributed by atoms with Gasteiger partial charge in [0, 0.05) is 18.2 Å². The van der Waals surface area contributed by atoms with Gasteiger partial charge in [0.2, 0.25) is 5.91 Å². The third kappa shape index (κ3) is 6.40. The minimum atomic E-state index is -4.56. The third-order valence-corrected chi connectivity index (χ3v) is 8.67. The fourth-order valence-corrected chi connectivity index (χ4v) is 6.51. The number of nitrogens with one attached hydrogen (secondary N) is 1. The van der Waals surface area contributed by atoms with E-state index in [1.54, 1.807) is 24.0 Å². The topological polar surface area (TPSA) is 58.6 Å². The quantitative estimate of drug-likeness (QED) is 0.354. The second kappa shape index (κ2) is 12.3. The standard InChI is InChI=1S/C33H36F4N2O3/c1-20-12-15-23(19-27(20)33(35,36)37)38-31(40)26-10-6-18-39(32(41)29-21(2)7-5-11-28(29)34)30(26)22-13-16-25(17-14-22)42-24-8-3-4-9-24/h5,7,11-13,15-17,19,22,24,26,30H,3-4,6,8-10,14,18H2,1-2H3,(H,38,40)/t22-,26?,30?/m1/s1. The fraction of sp³-hybridized carbons (Fsp3) is 0.455. The van der Waals surface area contributed by atoms with Gasteiger partial charge in [-0.05, 0) is 100 Å². The molecule has 1 saturated carbocycles. The number of benzene rings is 2. The molecule has 2 amide bonds. The number of likely N-dealkylation sites (tertiary alicyclic amines) is 1. The molecular formula is C33H36F4N2O3. The van der Waals surface area contributed by atoms with E-state index in [1.807, 2.05) is 18.2 Å². The first-order chi connectivity index (χ1) is 20.0. The van der Waals surface area contributed by atoms with Crippen molar-refractivity contribution >= 4 is 17.5 Å². The molecule has 0 radical (unpaired) electrons. The highest BCUT2D eigenvalue weighted by Crippen LogP contribution is 2.38. The average molecular weight is 585 g/mol. The Morgan fingerprint density at radius 3 is 2.43 bits per heavy atom. The van der Waals surface area contributed by atoms with Gasteiger partial charge in [0.1, 0.15) is 11.6 Å². The molecule has 9 heteroatoms. The number of ether oxygens (including phenoxy) is 1. The van der Waals surface area contributed by atoms with Gasteiger partial charge in [-0.2, -0.15) is 13.2 Å². The molecule has 5 nitrogen and oxygen atoms in total. The summed E-state index contributed by atoms with van der Waals surface area (Å²) < 4.78 is 61.7. The number of nitrogens with zero attached hydrogens (tertiary/aromatic N) is 1. The number of alkyl halides is 3. The number of halogens is 4. The number of piperidine rings is 1. The van der Waals surface area contributed by atoms with E-state index in [2.05, 4.69) is 5.32 Å². The van der Waals surface area contributed by atoms with Crippen molar-refractivity contribution in [3.05, 3.63) is 88.5 Å². The van der Waals surface area contributed by atoms with Crippen LogP contribution in [0.5, 0.6) is 0 Å². The lowest BCUT2D eigenvalue weighted by atomic mass is 9.77. The smallest absolute Gasteiger partial charge is 0.416 e. The number of amides is 2. The molecule has 42 heavy (non-hydrogen) atoms. The second-order valence-electron chi connectivity index (χ2n) is 11.6. The lowest BCUT2D eigenvalue weighted by Gasteiger charge is -2.44. The highest BCUT2D eigenvalue weighted by atomic mass is 19.4. The van der Waals surface area contributed by atoms with Gasteiger partial charge in [-0.15, -0.1) is 0 Å². The zero-order valence-electron chi connectivity index (χ0n) is 23.8. The van der Waals surface area contributed by atoms with Crippen molar-refractivity contribution < 1.29 is 31.9 Å². The van der Waals surface area contributed by atoms with E-state index in [4.69, 9.17) is 4.74 Å². The Morgan fingerprint density at radius 2 is 1.76 bits per heavy atom. The summed E-state index contributed by atoms with van der Waals surface area (Å²) in [6, 6.07) is 7.55. The Bertz CT molecular complexity index is 1370. The van der Waals surface area contributed by atoms with E-state index >= 15 is 0 Å². The number of allylic oxidation sites excluding steroid dienone is 2. The molecule has 224 valence electrons. The fourth-order valence-electron chi connectivity index (χ4n) is 6.51. The van der Waals surface area contributed by atoms with Crippen molar-refractivity contribution in [2.24, 2.45) is 11.8 Å². The van der Waals surface area contributed by atoms with Gasteiger partial charge in [0.05, 0.1) is 29.2 Å². The Labute approximate surface area is 243 Å². The van der Waals surface area contributed by atoms with E-state index in [0.717, 1.165) is 37.5 Å². The number of aryl methyl sites for hydroxylation is 2. The molecular weight excluding hydrogens is 548 g/mol. The summed E-state index contributed by atoms with van der Waals surface area (Å²) in [6.45, 7) is 3.38. The molecule has 1 aliphatic heterocycles. The molecule has 0 aromatic heterocycles. The Morgan fingerprint density at radius 1 is 1.00 bits per heavy atom. The van der Waals surface area contributed by atoms with Crippen molar-refractivity contribution in [2.45, 2.75) is 77.1 Å². The molecule has 1 saturated heterocycles. The zero-order chi connectivity index (χ0) is 30.0. The van der Waals surface area contributed by atoms with Crippen LogP contribution in [0.1, 0.15) is 72.0 Å². The molecule has 2 fully saturated rings. The van der Waals surface area contributed by atoms with Gasteiger partial charge in [-0.25, -0.2) is 4.39 Å². The van der Waals surface area contributed by atoms with Gasteiger partial charge < -0.3 is 15.0 Å². The number of anilines is 1. The molecule has 3 aliphatic rings. The Hall–Kier alpha value is -3.62. The monoisotopic (exact) mass is 584 g/mol. The van der Waals surface area contributed by atoms with Crippen LogP contribution >= 0.6 is 0 Å². The molecule has 1 heterocycles. The predicted molar refractivity (Wildman–Crippen MR) is 152 cm³/mol. The summed E-state index contributed by atoms with van der Waals surface area (Å²) in [6.07, 6.45) is 7.17. The Kier molecular flexibility index (Phi) is 8.76. The highest BCUT2D eigenvalue weighted by molar-refractivity contribution is 5.98. The largest absolute Gasteiger partial charge is 0.491 e. The van der Waals surface area contributed by atoms with Crippen molar-refractivity contribution in [1.29, 1.82) is 0 Å². The maximum Gasteiger partial charge on any atom is 0.416 e. The summed E-state index contributed by atoms with van der Waals surface area (Å²) >= 11 is 0. The minimum Gasteiger partial charge on any atom is -0.491 e. The maximum absolute atomic E-state index is 14.9. The van der Waals surface area contributed by atoms with Crippen LogP contribution in [0.4, 0.5) is 23.2 Å². The summed E-state index contributed by atoms with van der Waals surface area (Å²) in [5, 5.41) is 2.68. The summed E-state index contributed by atoms with van der Waals surface area (Å²) in [5.74, 6) is -1.81. The van der Waals surface area contributed by atoms with Crippen LogP contribution < -0.4 is 5.32 Å². The minimum absolute atomic E-state index is 0.0301. The molecule has 3 atom stereocenters. The number of carbonyl (C=O) groups is 2. The average Bonchev–Trinajstić information content (AvgIpc) is 3.46. The van der Waals surface area contributed by atoms with Gasteiger partial charge in [0.25, 0.3) is 5.91 Å². The van der Waals surface area contributed by atoms with Crippen LogP contribution in [0.15, 0.2) is 60.4 Å². The van der Waals surface area contributed by atoms with Crippen LogP contribution in [0, 0.1) is 31.5 Å². The maximum atomic E-state index is 14.9. The second-order valence-corrected chi connectivity index (χ2v) is 11.6. The van der Waals surface area contributed by atoms with E-state index < -0.39 is 41.3 Å². The van der Waals surface area contributed by atoms with Crippen molar-refractivity contribution in [1.82, 2.24) is 4.90 Å². The molecule has 1 N–H and O–H groups in total. The van der Waals surface area contributed by atoms with Crippen LogP contribution in [0.25, 0.3) is 0 Å². The van der Waals surface area contributed by atoms with Crippen molar-refractivity contribution in [3.63, 3.8) is 0 Å². The number of hydrogen-bond acceptors (Lipinski definition) is 3. The zero-order valence-corrected chi connectivity index (χ0v) is 23.8. The normalized spacial score (nSPS) is 23.0. The SMILES string of the molecule is Cc1ccc(NC(=O)C2CCCN(C(=O)c3c(C)cccc3F)C2[C@@H]2C=CC(OC3CCCC3)=CC2)cc1C(F)(F)F. The van der Waals surface area contributed by atoms with E-state index in [1.165, 1.54) is 25.1 Å². The van der Waals surface area contributed by atoms with Crippen LogP contribution in [-0.2, 0) is 15.7 Å². The van der Waals surface area contributed by atoms with Gasteiger partial charge >= 0.3 is 6.18 Å². The van der Waals surface area contributed by atoms with Crippen LogP contribution in [0.2, 0.25) is 0 Å². The molecule has 2 aromatic rings. The molecule has 2 aromatic carbocycles. The summed E-state index contributed by atoms with van der Waals surface area (Å²) in [7, 11) is 0. The molecule has 0 bridgehead atoms.